The third-order valence-electron chi connectivity index (χ3n) is 2.51. The first-order valence-corrected chi connectivity index (χ1v) is 5.45. The van der Waals surface area contributed by atoms with Gasteiger partial charge in [0.25, 0.3) is 0 Å². The normalized spacial score (nSPS) is 10.8. The van der Waals surface area contributed by atoms with Crippen LogP contribution < -0.4 is 0 Å². The van der Waals surface area contributed by atoms with E-state index in [9.17, 15) is 0 Å². The maximum absolute atomic E-state index is 5.00. The molecule has 3 heteroatoms. The van der Waals surface area contributed by atoms with Crippen molar-refractivity contribution in [2.75, 3.05) is 6.61 Å². The Bertz CT molecular complexity index is 470. The fraction of sp³-hybridized carbons (Fsp3) is 0.250. The number of benzene rings is 1. The molecule has 0 bridgehead atoms. The number of nitrogens with zero attached hydrogens (tertiary/aromatic N) is 1. The highest BCUT2D eigenvalue weighted by Gasteiger charge is 2.02. The summed E-state index contributed by atoms with van der Waals surface area (Å²) in [4.78, 5) is 4.57. The first kappa shape index (κ1) is 10.5. The summed E-state index contributed by atoms with van der Waals surface area (Å²) in [7, 11) is 2.27. The van der Waals surface area contributed by atoms with Gasteiger partial charge in [-0.3, -0.25) is 4.98 Å². The first-order chi connectivity index (χ1) is 7.31. The lowest BCUT2D eigenvalue weighted by Crippen LogP contribution is -1.97. The number of pyridine rings is 1. The smallest absolute Gasteiger partial charge is 0.0705 e. The zero-order valence-corrected chi connectivity index (χ0v) is 9.89. The molecule has 0 amide bonds. The van der Waals surface area contributed by atoms with Gasteiger partial charge in [0.2, 0.25) is 0 Å². The summed E-state index contributed by atoms with van der Waals surface area (Å²) >= 11 is 0. The van der Waals surface area contributed by atoms with E-state index in [4.69, 9.17) is 4.52 Å². The maximum Gasteiger partial charge on any atom is 0.0705 e. The average Bonchev–Trinajstić information content (AvgIpc) is 2.26. The summed E-state index contributed by atoms with van der Waals surface area (Å²) in [5.41, 5.74) is 3.41. The van der Waals surface area contributed by atoms with Crippen molar-refractivity contribution in [1.82, 2.24) is 4.98 Å². The maximum atomic E-state index is 5.00. The molecule has 2 aromatic rings. The largest absolute Gasteiger partial charge is 0.365 e. The fourth-order valence-corrected chi connectivity index (χ4v) is 1.80. The van der Waals surface area contributed by atoms with Crippen LogP contribution in [0.1, 0.15) is 11.3 Å². The van der Waals surface area contributed by atoms with Gasteiger partial charge in [-0.15, -0.1) is 0 Å². The second kappa shape index (κ2) is 4.69. The molecular formula is C12H14NOP. The van der Waals surface area contributed by atoms with Crippen molar-refractivity contribution in [3.05, 3.63) is 41.6 Å². The van der Waals surface area contributed by atoms with Crippen LogP contribution in [0.25, 0.3) is 10.9 Å². The van der Waals surface area contributed by atoms with Gasteiger partial charge in [0.15, 0.2) is 0 Å². The molecule has 1 atom stereocenters. The standard InChI is InChI=1S/C12H14NOP/c1-9-10(6-7-14-15)8-11-4-2-3-5-12(11)13-9/h2-5,8H,6-7,15H2,1H3. The van der Waals surface area contributed by atoms with Crippen LogP contribution in [0.15, 0.2) is 30.3 Å². The summed E-state index contributed by atoms with van der Waals surface area (Å²) in [6.45, 7) is 2.76. The zero-order chi connectivity index (χ0) is 10.7. The summed E-state index contributed by atoms with van der Waals surface area (Å²) < 4.78 is 5.00. The van der Waals surface area contributed by atoms with Crippen molar-refractivity contribution in [3.8, 4) is 0 Å². The van der Waals surface area contributed by atoms with Gasteiger partial charge in [0.1, 0.15) is 0 Å². The van der Waals surface area contributed by atoms with Gasteiger partial charge < -0.3 is 4.52 Å². The number of fused-ring (bicyclic) bond motifs is 1. The molecule has 0 aliphatic carbocycles. The molecule has 78 valence electrons. The van der Waals surface area contributed by atoms with Crippen LogP contribution in [0.5, 0.6) is 0 Å². The number of hydrogen-bond donors (Lipinski definition) is 0. The van der Waals surface area contributed by atoms with Crippen LogP contribution in [-0.4, -0.2) is 11.6 Å². The van der Waals surface area contributed by atoms with Crippen LogP contribution >= 0.6 is 9.47 Å². The zero-order valence-electron chi connectivity index (χ0n) is 8.73. The quantitative estimate of drug-likeness (QED) is 0.740. The topological polar surface area (TPSA) is 22.1 Å². The molecule has 15 heavy (non-hydrogen) atoms. The molecule has 1 aromatic heterocycles. The Labute approximate surface area is 92.0 Å². The van der Waals surface area contributed by atoms with Crippen LogP contribution in [-0.2, 0) is 10.9 Å². The Balaban J connectivity index is 2.43. The average molecular weight is 219 g/mol. The number of aromatic nitrogens is 1. The molecular weight excluding hydrogens is 205 g/mol. The minimum atomic E-state index is 0.714. The molecule has 0 spiro atoms. The molecule has 0 N–H and O–H groups in total. The van der Waals surface area contributed by atoms with Crippen LogP contribution in [0, 0.1) is 6.92 Å². The monoisotopic (exact) mass is 219 g/mol. The van der Waals surface area contributed by atoms with Gasteiger partial charge in [-0.25, -0.2) is 0 Å². The van der Waals surface area contributed by atoms with E-state index in [1.165, 1.54) is 10.9 Å². The van der Waals surface area contributed by atoms with E-state index in [-0.39, 0.29) is 0 Å². The molecule has 0 fully saturated rings. The molecule has 0 aliphatic heterocycles. The number of para-hydroxylation sites is 1. The molecule has 0 saturated heterocycles. The van der Waals surface area contributed by atoms with Crippen molar-refractivity contribution in [1.29, 1.82) is 0 Å². The van der Waals surface area contributed by atoms with Crippen molar-refractivity contribution in [2.45, 2.75) is 13.3 Å². The highest BCUT2D eigenvalue weighted by molar-refractivity contribution is 7.09. The van der Waals surface area contributed by atoms with E-state index in [1.807, 2.05) is 25.1 Å². The highest BCUT2D eigenvalue weighted by atomic mass is 31.0. The van der Waals surface area contributed by atoms with E-state index in [0.29, 0.717) is 6.61 Å². The molecule has 0 radical (unpaired) electrons. The number of rotatable bonds is 3. The van der Waals surface area contributed by atoms with Gasteiger partial charge in [-0.1, -0.05) is 18.2 Å². The second-order valence-corrected chi connectivity index (χ2v) is 3.88. The summed E-state index contributed by atoms with van der Waals surface area (Å²) in [6.07, 6.45) is 0.910. The molecule has 1 unspecified atom stereocenters. The lowest BCUT2D eigenvalue weighted by Gasteiger charge is -2.06. The minimum absolute atomic E-state index is 0.714. The van der Waals surface area contributed by atoms with Crippen LogP contribution in [0.3, 0.4) is 0 Å². The molecule has 1 heterocycles. The molecule has 0 aliphatic rings. The summed E-state index contributed by atoms with van der Waals surface area (Å²) in [5.74, 6) is 0. The number of hydrogen-bond acceptors (Lipinski definition) is 2. The van der Waals surface area contributed by atoms with Crippen molar-refractivity contribution in [3.63, 3.8) is 0 Å². The summed E-state index contributed by atoms with van der Waals surface area (Å²) in [6, 6.07) is 10.4. The van der Waals surface area contributed by atoms with Gasteiger partial charge in [0.05, 0.1) is 12.1 Å². The van der Waals surface area contributed by atoms with E-state index < -0.39 is 0 Å². The van der Waals surface area contributed by atoms with Crippen molar-refractivity contribution >= 4 is 20.4 Å². The Morgan fingerprint density at radius 2 is 2.13 bits per heavy atom. The molecule has 2 nitrogen and oxygen atoms in total. The third-order valence-corrected chi connectivity index (χ3v) is 2.74. The van der Waals surface area contributed by atoms with E-state index in [0.717, 1.165) is 17.6 Å². The highest BCUT2D eigenvalue weighted by Crippen LogP contribution is 2.16. The predicted molar refractivity (Wildman–Crippen MR) is 65.8 cm³/mol. The lowest BCUT2D eigenvalue weighted by molar-refractivity contribution is 0.376. The third kappa shape index (κ3) is 2.34. The SMILES string of the molecule is Cc1nc2ccccc2cc1CCOP. The number of aryl methyl sites for hydroxylation is 1. The Morgan fingerprint density at radius 1 is 1.33 bits per heavy atom. The Kier molecular flexibility index (Phi) is 3.30. The van der Waals surface area contributed by atoms with E-state index >= 15 is 0 Å². The Morgan fingerprint density at radius 3 is 2.93 bits per heavy atom. The van der Waals surface area contributed by atoms with Crippen molar-refractivity contribution < 1.29 is 4.52 Å². The van der Waals surface area contributed by atoms with Gasteiger partial charge in [-0.2, -0.15) is 0 Å². The van der Waals surface area contributed by atoms with Gasteiger partial charge >= 0.3 is 0 Å². The lowest BCUT2D eigenvalue weighted by atomic mass is 10.1. The second-order valence-electron chi connectivity index (χ2n) is 3.55. The van der Waals surface area contributed by atoms with Crippen LogP contribution in [0.2, 0.25) is 0 Å². The van der Waals surface area contributed by atoms with Gasteiger partial charge in [-0.05, 0) is 31.0 Å². The van der Waals surface area contributed by atoms with Crippen LogP contribution in [0.4, 0.5) is 0 Å². The van der Waals surface area contributed by atoms with E-state index in [1.54, 1.807) is 0 Å². The van der Waals surface area contributed by atoms with Crippen molar-refractivity contribution in [2.24, 2.45) is 0 Å². The van der Waals surface area contributed by atoms with Gasteiger partial charge in [0, 0.05) is 20.5 Å². The molecule has 1 aromatic carbocycles. The summed E-state index contributed by atoms with van der Waals surface area (Å²) in [5, 5.41) is 1.20. The van der Waals surface area contributed by atoms with E-state index in [2.05, 4.69) is 26.6 Å². The molecule has 0 saturated carbocycles. The molecule has 2 rings (SSSR count). The minimum Gasteiger partial charge on any atom is -0.365 e. The predicted octanol–water partition coefficient (Wildman–Crippen LogP) is 2.89. The Hall–Kier alpha value is -0.980. The fourth-order valence-electron chi connectivity index (χ4n) is 1.68. The first-order valence-electron chi connectivity index (χ1n) is 4.98.